The van der Waals surface area contributed by atoms with Crippen molar-refractivity contribution in [1.29, 1.82) is 0 Å². The predicted octanol–water partition coefficient (Wildman–Crippen LogP) is 0.634. The Hall–Kier alpha value is -1.38. The Bertz CT molecular complexity index is 474. The lowest BCUT2D eigenvalue weighted by molar-refractivity contribution is -0.135. The summed E-state index contributed by atoms with van der Waals surface area (Å²) in [5.74, 6) is 1.25. The molecule has 0 aromatic carbocycles. The summed E-state index contributed by atoms with van der Waals surface area (Å²) in [6.45, 7) is 10.5. The van der Waals surface area contributed by atoms with Crippen LogP contribution in [0.2, 0.25) is 0 Å². The molecule has 1 unspecified atom stereocenters. The van der Waals surface area contributed by atoms with Crippen LogP contribution in [-0.2, 0) is 14.3 Å². The number of hydrogen-bond donors (Lipinski definition) is 1. The highest BCUT2D eigenvalue weighted by Crippen LogP contribution is 2.14. The molecule has 2 rings (SSSR count). The van der Waals surface area contributed by atoms with Gasteiger partial charge in [0.05, 0.1) is 19.3 Å². The lowest BCUT2D eigenvalue weighted by atomic mass is 10.2. The summed E-state index contributed by atoms with van der Waals surface area (Å²) < 4.78 is 10.4. The number of unbranched alkanes of at least 4 members (excludes halogenated alkanes) is 1. The number of aliphatic imine (C=N–C) groups is 1. The fourth-order valence-corrected chi connectivity index (χ4v) is 3.78. The van der Waals surface area contributed by atoms with Crippen LogP contribution in [0, 0.1) is 0 Å². The van der Waals surface area contributed by atoms with E-state index in [4.69, 9.17) is 9.47 Å². The van der Waals surface area contributed by atoms with Gasteiger partial charge in [0, 0.05) is 66.6 Å². The van der Waals surface area contributed by atoms with Gasteiger partial charge in [-0.2, -0.15) is 0 Å². The second kappa shape index (κ2) is 13.0. The Balaban J connectivity index is 1.63. The highest BCUT2D eigenvalue weighted by atomic mass is 16.5. The molecule has 0 aliphatic carbocycles. The molecule has 0 aromatic heterocycles. The molecule has 2 aliphatic heterocycles. The predicted molar refractivity (Wildman–Crippen MR) is 112 cm³/mol. The fraction of sp³-hybridized carbons (Fsp3) is 0.900. The minimum Gasteiger partial charge on any atom is -0.382 e. The van der Waals surface area contributed by atoms with Crippen molar-refractivity contribution in [2.24, 2.45) is 4.99 Å². The molecule has 0 saturated carbocycles. The lowest BCUT2D eigenvalue weighted by Crippen LogP contribution is -2.57. The van der Waals surface area contributed by atoms with E-state index in [9.17, 15) is 4.79 Å². The molecule has 2 fully saturated rings. The molecule has 2 aliphatic rings. The number of hydrogen-bond acceptors (Lipinski definition) is 5. The zero-order valence-electron chi connectivity index (χ0n) is 18.0. The Morgan fingerprint density at radius 3 is 2.36 bits per heavy atom. The minimum absolute atomic E-state index is 0.0201. The lowest BCUT2D eigenvalue weighted by Gasteiger charge is -2.39. The van der Waals surface area contributed by atoms with Crippen molar-refractivity contribution in [3.8, 4) is 0 Å². The van der Waals surface area contributed by atoms with Gasteiger partial charge in [-0.3, -0.25) is 14.7 Å². The summed E-state index contributed by atoms with van der Waals surface area (Å²) >= 11 is 0. The quantitative estimate of drug-likeness (QED) is 0.331. The van der Waals surface area contributed by atoms with E-state index >= 15 is 0 Å². The number of rotatable bonds is 10. The molecule has 1 N–H and O–H groups in total. The number of nitrogens with one attached hydrogen (secondary N) is 1. The highest BCUT2D eigenvalue weighted by Gasteiger charge is 2.30. The number of methoxy groups -OCH3 is 1. The molecular weight excluding hydrogens is 358 g/mol. The van der Waals surface area contributed by atoms with Crippen molar-refractivity contribution in [3.05, 3.63) is 0 Å². The number of amides is 1. The van der Waals surface area contributed by atoms with Gasteiger partial charge in [-0.25, -0.2) is 0 Å². The van der Waals surface area contributed by atoms with Crippen LogP contribution in [0.25, 0.3) is 0 Å². The third-order valence-electron chi connectivity index (χ3n) is 5.58. The van der Waals surface area contributed by atoms with Gasteiger partial charge in [0.2, 0.25) is 5.91 Å². The number of carbonyl (C=O) groups excluding carboxylic acids is 1. The summed E-state index contributed by atoms with van der Waals surface area (Å²) in [4.78, 5) is 23.7. The molecule has 1 atom stereocenters. The van der Waals surface area contributed by atoms with E-state index in [2.05, 4.69) is 27.0 Å². The van der Waals surface area contributed by atoms with Crippen LogP contribution in [-0.4, -0.2) is 112 Å². The first-order valence-corrected chi connectivity index (χ1v) is 10.7. The molecule has 1 amide bonds. The van der Waals surface area contributed by atoms with Gasteiger partial charge < -0.3 is 24.6 Å². The number of ether oxygens (including phenoxy) is 2. The van der Waals surface area contributed by atoms with Crippen molar-refractivity contribution < 1.29 is 14.3 Å². The minimum atomic E-state index is -0.0201. The van der Waals surface area contributed by atoms with Crippen molar-refractivity contribution in [3.63, 3.8) is 0 Å². The maximum atomic E-state index is 12.6. The second-order valence-electron chi connectivity index (χ2n) is 7.52. The standard InChI is InChI=1S/C20H39N5O3/c1-18(19(26)24-9-5-6-10-24)23-11-13-25(14-12-23)20(21-2)22-8-4-7-15-28-17-16-27-3/h18H,4-17H2,1-3H3,(H,21,22). The number of nitrogens with zero attached hydrogens (tertiary/aromatic N) is 4. The molecule has 0 aromatic rings. The molecular formula is C20H39N5O3. The average Bonchev–Trinajstić information content (AvgIpc) is 3.27. The fourth-order valence-electron chi connectivity index (χ4n) is 3.78. The van der Waals surface area contributed by atoms with Gasteiger partial charge in [-0.05, 0) is 32.6 Å². The SMILES string of the molecule is CN=C(NCCCCOCCOC)N1CCN(C(C)C(=O)N2CCCC2)CC1. The van der Waals surface area contributed by atoms with E-state index in [0.29, 0.717) is 19.1 Å². The van der Waals surface area contributed by atoms with Crippen LogP contribution >= 0.6 is 0 Å². The van der Waals surface area contributed by atoms with Crippen molar-refractivity contribution in [2.45, 2.75) is 38.6 Å². The Morgan fingerprint density at radius 1 is 1.00 bits per heavy atom. The number of likely N-dealkylation sites (tertiary alicyclic amines) is 1. The van der Waals surface area contributed by atoms with Gasteiger partial charge in [0.1, 0.15) is 0 Å². The van der Waals surface area contributed by atoms with E-state index in [1.165, 1.54) is 0 Å². The molecule has 0 radical (unpaired) electrons. The smallest absolute Gasteiger partial charge is 0.239 e. The van der Waals surface area contributed by atoms with Gasteiger partial charge in [-0.15, -0.1) is 0 Å². The molecule has 0 bridgehead atoms. The van der Waals surface area contributed by atoms with E-state index in [0.717, 1.165) is 84.1 Å². The zero-order chi connectivity index (χ0) is 20.2. The largest absolute Gasteiger partial charge is 0.382 e. The van der Waals surface area contributed by atoms with E-state index in [1.54, 1.807) is 7.11 Å². The normalized spacial score (nSPS) is 19.9. The third-order valence-corrected chi connectivity index (χ3v) is 5.58. The third kappa shape index (κ3) is 7.22. The number of piperazine rings is 1. The van der Waals surface area contributed by atoms with Crippen LogP contribution in [0.3, 0.4) is 0 Å². The molecule has 0 spiro atoms. The summed E-state index contributed by atoms with van der Waals surface area (Å²) in [7, 11) is 3.52. The average molecular weight is 398 g/mol. The van der Waals surface area contributed by atoms with E-state index in [-0.39, 0.29) is 6.04 Å². The van der Waals surface area contributed by atoms with Crippen LogP contribution in [0.4, 0.5) is 0 Å². The Morgan fingerprint density at radius 2 is 1.71 bits per heavy atom. The molecule has 2 heterocycles. The van der Waals surface area contributed by atoms with Crippen LogP contribution in [0.5, 0.6) is 0 Å². The van der Waals surface area contributed by atoms with Gasteiger partial charge in [0.25, 0.3) is 0 Å². The van der Waals surface area contributed by atoms with E-state index in [1.807, 2.05) is 11.9 Å². The first-order valence-electron chi connectivity index (χ1n) is 10.7. The summed E-state index contributed by atoms with van der Waals surface area (Å²) in [6.07, 6.45) is 4.37. The number of carbonyl (C=O) groups is 1. The van der Waals surface area contributed by atoms with Crippen molar-refractivity contribution in [1.82, 2.24) is 20.0 Å². The highest BCUT2D eigenvalue weighted by molar-refractivity contribution is 5.82. The zero-order valence-corrected chi connectivity index (χ0v) is 18.0. The maximum Gasteiger partial charge on any atom is 0.239 e. The number of guanidine groups is 1. The van der Waals surface area contributed by atoms with Crippen LogP contribution in [0.1, 0.15) is 32.6 Å². The second-order valence-corrected chi connectivity index (χ2v) is 7.52. The van der Waals surface area contributed by atoms with Crippen LogP contribution in [0.15, 0.2) is 4.99 Å². The van der Waals surface area contributed by atoms with Gasteiger partial charge in [-0.1, -0.05) is 0 Å². The maximum absolute atomic E-state index is 12.6. The van der Waals surface area contributed by atoms with E-state index < -0.39 is 0 Å². The first-order chi connectivity index (χ1) is 13.7. The summed E-state index contributed by atoms with van der Waals surface area (Å²) in [5, 5.41) is 3.45. The van der Waals surface area contributed by atoms with Crippen molar-refractivity contribution in [2.75, 3.05) is 79.8 Å². The monoisotopic (exact) mass is 397 g/mol. The van der Waals surface area contributed by atoms with Gasteiger partial charge in [0.15, 0.2) is 5.96 Å². The molecule has 162 valence electrons. The van der Waals surface area contributed by atoms with Gasteiger partial charge >= 0.3 is 0 Å². The molecule has 8 nitrogen and oxygen atoms in total. The summed E-state index contributed by atoms with van der Waals surface area (Å²) in [5.41, 5.74) is 0. The Kier molecular flexibility index (Phi) is 10.6. The topological polar surface area (TPSA) is 69.6 Å². The first kappa shape index (κ1) is 22.9. The molecule has 2 saturated heterocycles. The molecule has 28 heavy (non-hydrogen) atoms. The molecule has 8 heteroatoms. The van der Waals surface area contributed by atoms with Crippen molar-refractivity contribution >= 4 is 11.9 Å². The Labute approximate surface area is 170 Å². The van der Waals surface area contributed by atoms with Crippen LogP contribution < -0.4 is 5.32 Å². The summed E-state index contributed by atoms with van der Waals surface area (Å²) in [6, 6.07) is -0.0201.